The van der Waals surface area contributed by atoms with Gasteiger partial charge in [-0.1, -0.05) is 6.92 Å². The monoisotopic (exact) mass is 328 g/mol. The number of cyclic esters (lactones) is 1. The second-order valence-corrected chi connectivity index (χ2v) is 6.25. The number of hydroxylamine groups is 1. The van der Waals surface area contributed by atoms with Crippen molar-refractivity contribution in [1.29, 1.82) is 0 Å². The third-order valence-electron chi connectivity index (χ3n) is 5.07. The van der Waals surface area contributed by atoms with Crippen molar-refractivity contribution in [3.63, 3.8) is 0 Å². The Balaban J connectivity index is 1.80. The number of ether oxygens (including phenoxy) is 1. The summed E-state index contributed by atoms with van der Waals surface area (Å²) in [4.78, 5) is 39.1. The summed E-state index contributed by atoms with van der Waals surface area (Å²) >= 11 is 0. The Bertz CT molecular complexity index is 515. The average Bonchev–Trinajstić information content (AvgIpc) is 2.91. The lowest BCUT2D eigenvalue weighted by atomic mass is 9.68. The fourth-order valence-electron chi connectivity index (χ4n) is 3.80. The number of esters is 1. The Hall–Kier alpha value is -1.75. The van der Waals surface area contributed by atoms with Gasteiger partial charge in [-0.2, -0.15) is 5.48 Å². The summed E-state index contributed by atoms with van der Waals surface area (Å²) in [5.41, 5.74) is 2.51. The Labute approximate surface area is 132 Å². The molecule has 2 amide bonds. The van der Waals surface area contributed by atoms with Crippen LogP contribution in [0.1, 0.15) is 19.8 Å². The predicted molar refractivity (Wildman–Crippen MR) is 74.3 cm³/mol. The average molecular weight is 328 g/mol. The van der Waals surface area contributed by atoms with Crippen molar-refractivity contribution in [2.24, 2.45) is 11.8 Å². The molecular weight excluding hydrogens is 308 g/mol. The van der Waals surface area contributed by atoms with E-state index in [4.69, 9.17) is 9.99 Å². The van der Waals surface area contributed by atoms with Crippen molar-refractivity contribution in [1.82, 2.24) is 21.4 Å². The number of fused-ring (bicyclic) bond motifs is 1. The molecule has 3 aliphatic rings. The first-order valence-corrected chi connectivity index (χ1v) is 7.58. The molecule has 0 spiro atoms. The Morgan fingerprint density at radius 1 is 1.30 bits per heavy atom. The highest BCUT2D eigenvalue weighted by atomic mass is 17.2. The van der Waals surface area contributed by atoms with E-state index in [0.717, 1.165) is 0 Å². The minimum Gasteiger partial charge on any atom is -0.449 e. The number of carbonyl (C=O) groups is 3. The summed E-state index contributed by atoms with van der Waals surface area (Å²) in [6.45, 7) is 2.11. The zero-order chi connectivity index (χ0) is 16.6. The molecule has 6 atom stereocenters. The summed E-state index contributed by atoms with van der Waals surface area (Å²) in [7, 11) is 0. The number of carbonyl (C=O) groups excluding carboxylic acids is 3. The summed E-state index contributed by atoms with van der Waals surface area (Å²) in [6.07, 6.45) is 0.929. The molecule has 2 heterocycles. The number of amides is 2. The topological polar surface area (TPSA) is 138 Å². The fourth-order valence-corrected chi connectivity index (χ4v) is 3.80. The summed E-state index contributed by atoms with van der Waals surface area (Å²) in [6, 6.07) is -1.28. The van der Waals surface area contributed by atoms with Gasteiger partial charge in [0.05, 0.1) is 12.1 Å². The van der Waals surface area contributed by atoms with E-state index in [0.29, 0.717) is 12.8 Å². The number of rotatable bonds is 4. The van der Waals surface area contributed by atoms with E-state index in [1.807, 2.05) is 6.92 Å². The van der Waals surface area contributed by atoms with Crippen LogP contribution in [0.15, 0.2) is 0 Å². The van der Waals surface area contributed by atoms with Crippen LogP contribution in [-0.4, -0.2) is 53.9 Å². The molecule has 1 aliphatic carbocycles. The largest absolute Gasteiger partial charge is 0.449 e. The molecule has 5 N–H and O–H groups in total. The highest BCUT2D eigenvalue weighted by molar-refractivity contribution is 6.35. The molecule has 0 aromatic rings. The predicted octanol–water partition coefficient (Wildman–Crippen LogP) is -2.15. The maximum Gasteiger partial charge on any atom is 0.324 e. The van der Waals surface area contributed by atoms with E-state index in [1.165, 1.54) is 0 Å². The van der Waals surface area contributed by atoms with Crippen LogP contribution in [-0.2, 0) is 24.1 Å². The number of nitrogens with one attached hydrogen (secondary N) is 4. The van der Waals surface area contributed by atoms with Gasteiger partial charge < -0.3 is 15.4 Å². The minimum absolute atomic E-state index is 0.0195. The summed E-state index contributed by atoms with van der Waals surface area (Å²) in [5, 5.41) is 17.1. The standard InChI is InChI=1S/C13H20N4O6/c1-5-6(2-9-13(20)22-4-14-9)10-8(3-7(5)17-23-21)15-11(18)12(19)16-10/h5-10,14,17,21H,2-4H2,1H3,(H,15,18)(H,16,19). The number of hydrogen-bond acceptors (Lipinski definition) is 8. The molecule has 0 aromatic carbocycles. The van der Waals surface area contributed by atoms with Gasteiger partial charge in [0.25, 0.3) is 0 Å². The van der Waals surface area contributed by atoms with Crippen LogP contribution in [0.3, 0.4) is 0 Å². The van der Waals surface area contributed by atoms with E-state index < -0.39 is 17.9 Å². The van der Waals surface area contributed by atoms with Crippen molar-refractivity contribution in [3.05, 3.63) is 0 Å². The van der Waals surface area contributed by atoms with E-state index in [1.54, 1.807) is 0 Å². The van der Waals surface area contributed by atoms with Crippen molar-refractivity contribution in [2.75, 3.05) is 6.73 Å². The van der Waals surface area contributed by atoms with Gasteiger partial charge in [0.15, 0.2) is 0 Å². The van der Waals surface area contributed by atoms with Crippen molar-refractivity contribution in [2.45, 2.75) is 43.9 Å². The fraction of sp³-hybridized carbons (Fsp3) is 0.769. The SMILES string of the molecule is CC1C(NOO)CC2NC(=O)C(=O)NC2C1CC1NCOC1=O. The van der Waals surface area contributed by atoms with E-state index in [9.17, 15) is 14.4 Å². The maximum absolute atomic E-state index is 11.7. The third-order valence-corrected chi connectivity index (χ3v) is 5.07. The Morgan fingerprint density at radius 3 is 2.70 bits per heavy atom. The van der Waals surface area contributed by atoms with Crippen molar-refractivity contribution in [3.8, 4) is 0 Å². The van der Waals surface area contributed by atoms with Gasteiger partial charge >= 0.3 is 17.8 Å². The first-order chi connectivity index (χ1) is 11.0. The van der Waals surface area contributed by atoms with Gasteiger partial charge in [-0.05, 0) is 24.7 Å². The van der Waals surface area contributed by atoms with E-state index in [2.05, 4.69) is 26.4 Å². The number of piperazine rings is 1. The molecular formula is C13H20N4O6. The molecule has 2 aliphatic heterocycles. The van der Waals surface area contributed by atoms with Gasteiger partial charge in [0, 0.05) is 6.04 Å². The molecule has 3 rings (SSSR count). The third kappa shape index (κ3) is 3.02. The van der Waals surface area contributed by atoms with Gasteiger partial charge in [-0.25, -0.2) is 5.26 Å². The normalized spacial score (nSPS) is 40.2. The van der Waals surface area contributed by atoms with E-state index >= 15 is 0 Å². The zero-order valence-corrected chi connectivity index (χ0v) is 12.6. The van der Waals surface area contributed by atoms with Crippen LogP contribution in [0.25, 0.3) is 0 Å². The van der Waals surface area contributed by atoms with Crippen LogP contribution in [0.2, 0.25) is 0 Å². The zero-order valence-electron chi connectivity index (χ0n) is 12.6. The van der Waals surface area contributed by atoms with E-state index in [-0.39, 0.29) is 42.7 Å². The smallest absolute Gasteiger partial charge is 0.324 e. The molecule has 1 saturated carbocycles. The molecule has 0 bridgehead atoms. The molecule has 6 unspecified atom stereocenters. The highest BCUT2D eigenvalue weighted by Crippen LogP contribution is 2.35. The molecule has 3 fully saturated rings. The molecule has 0 radical (unpaired) electrons. The van der Waals surface area contributed by atoms with Crippen LogP contribution in [0, 0.1) is 11.8 Å². The lowest BCUT2D eigenvalue weighted by molar-refractivity contribution is -0.305. The second-order valence-electron chi connectivity index (χ2n) is 6.25. The minimum atomic E-state index is -0.679. The first kappa shape index (κ1) is 16.1. The summed E-state index contributed by atoms with van der Waals surface area (Å²) in [5.74, 6) is -1.81. The Kier molecular flexibility index (Phi) is 4.48. The molecule has 10 heteroatoms. The molecule has 2 saturated heterocycles. The van der Waals surface area contributed by atoms with Crippen molar-refractivity contribution < 1.29 is 29.4 Å². The van der Waals surface area contributed by atoms with Crippen LogP contribution in [0.4, 0.5) is 0 Å². The van der Waals surface area contributed by atoms with Gasteiger partial charge in [-0.3, -0.25) is 19.7 Å². The highest BCUT2D eigenvalue weighted by Gasteiger charge is 2.49. The van der Waals surface area contributed by atoms with Crippen LogP contribution >= 0.6 is 0 Å². The quantitative estimate of drug-likeness (QED) is 0.170. The molecule has 128 valence electrons. The summed E-state index contributed by atoms with van der Waals surface area (Å²) < 4.78 is 4.90. The van der Waals surface area contributed by atoms with Gasteiger partial charge in [0.1, 0.15) is 12.8 Å². The lowest BCUT2D eigenvalue weighted by Crippen LogP contribution is -2.70. The van der Waals surface area contributed by atoms with Crippen molar-refractivity contribution >= 4 is 17.8 Å². The number of hydrogen-bond donors (Lipinski definition) is 5. The molecule has 10 nitrogen and oxygen atoms in total. The second kappa shape index (κ2) is 6.40. The van der Waals surface area contributed by atoms with Crippen LogP contribution in [0.5, 0.6) is 0 Å². The van der Waals surface area contributed by atoms with Crippen LogP contribution < -0.4 is 21.4 Å². The Morgan fingerprint density at radius 2 is 2.04 bits per heavy atom. The molecule has 0 aromatic heterocycles. The van der Waals surface area contributed by atoms with Gasteiger partial charge in [-0.15, -0.1) is 4.99 Å². The van der Waals surface area contributed by atoms with Gasteiger partial charge in [0.2, 0.25) is 0 Å². The maximum atomic E-state index is 11.7. The molecule has 23 heavy (non-hydrogen) atoms. The lowest BCUT2D eigenvalue weighted by Gasteiger charge is -2.48. The first-order valence-electron chi connectivity index (χ1n) is 7.58.